The van der Waals surface area contributed by atoms with Crippen molar-refractivity contribution in [2.45, 2.75) is 31.1 Å². The molecule has 0 bridgehead atoms. The molecule has 0 radical (unpaired) electrons. The SMILES string of the molecule is N#Cc1ccc2c3cc4c(c5c6ccc(C#N)cc6n(c2c1)c35)-c1ccccc1C41CCCC1. The molecule has 2 heterocycles. The summed E-state index contributed by atoms with van der Waals surface area (Å²) in [6.07, 6.45) is 4.91. The Morgan fingerprint density at radius 3 is 2.12 bits per heavy atom. The number of nitrogens with zero attached hydrogens (tertiary/aromatic N) is 3. The third-order valence-electron chi connectivity index (χ3n) is 8.50. The molecule has 0 unspecified atom stereocenters. The number of aromatic nitrogens is 1. The standard InChI is InChI=1S/C31H19N3/c32-16-18-7-9-20-23-15-25-28(21-5-1-2-6-24(21)31(25)11-3-4-12-31)29-22-10-8-19(17-33)14-27(22)34(30(23)29)26(20)13-18/h1-2,5-10,13-15H,3-4,11-12H2. The van der Waals surface area contributed by atoms with Crippen molar-refractivity contribution >= 4 is 38.1 Å². The summed E-state index contributed by atoms with van der Waals surface area (Å²) in [4.78, 5) is 0. The molecule has 6 aromatic rings. The van der Waals surface area contributed by atoms with Crippen LogP contribution in [0.25, 0.3) is 49.2 Å². The Labute approximate surface area is 196 Å². The van der Waals surface area contributed by atoms with Gasteiger partial charge in [0.25, 0.3) is 0 Å². The van der Waals surface area contributed by atoms with Gasteiger partial charge in [-0.25, -0.2) is 0 Å². The maximum atomic E-state index is 9.65. The summed E-state index contributed by atoms with van der Waals surface area (Å²) in [5, 5.41) is 24.2. The number of hydrogen-bond donors (Lipinski definition) is 0. The summed E-state index contributed by atoms with van der Waals surface area (Å²) in [6.45, 7) is 0. The summed E-state index contributed by atoms with van der Waals surface area (Å²) in [5.41, 5.74) is 10.4. The third-order valence-corrected chi connectivity index (χ3v) is 8.50. The van der Waals surface area contributed by atoms with Crippen molar-refractivity contribution in [2.75, 3.05) is 0 Å². The molecule has 1 spiro atoms. The molecule has 2 aliphatic carbocycles. The van der Waals surface area contributed by atoms with Crippen molar-refractivity contribution in [3.63, 3.8) is 0 Å². The van der Waals surface area contributed by atoms with E-state index in [-0.39, 0.29) is 5.41 Å². The monoisotopic (exact) mass is 433 g/mol. The van der Waals surface area contributed by atoms with E-state index in [9.17, 15) is 10.5 Å². The lowest BCUT2D eigenvalue weighted by Gasteiger charge is -2.26. The molecule has 8 rings (SSSR count). The first-order chi connectivity index (χ1) is 16.7. The summed E-state index contributed by atoms with van der Waals surface area (Å²) >= 11 is 0. The molecule has 2 aromatic heterocycles. The van der Waals surface area contributed by atoms with Crippen LogP contribution in [0.2, 0.25) is 0 Å². The number of benzene rings is 4. The molecule has 3 heteroatoms. The van der Waals surface area contributed by atoms with Crippen LogP contribution >= 0.6 is 0 Å². The van der Waals surface area contributed by atoms with E-state index in [0.717, 1.165) is 11.0 Å². The molecule has 1 saturated carbocycles. The van der Waals surface area contributed by atoms with Crippen LogP contribution in [0.4, 0.5) is 0 Å². The second kappa shape index (κ2) is 5.96. The van der Waals surface area contributed by atoms with Crippen molar-refractivity contribution in [3.05, 3.63) is 89.0 Å². The van der Waals surface area contributed by atoms with Gasteiger partial charge in [0.1, 0.15) is 0 Å². The molecule has 158 valence electrons. The van der Waals surface area contributed by atoms with Crippen molar-refractivity contribution in [2.24, 2.45) is 0 Å². The third kappa shape index (κ3) is 1.90. The second-order valence-corrected chi connectivity index (χ2v) is 9.93. The highest BCUT2D eigenvalue weighted by atomic mass is 14.9. The maximum Gasteiger partial charge on any atom is 0.0992 e. The van der Waals surface area contributed by atoms with E-state index in [0.29, 0.717) is 11.1 Å². The van der Waals surface area contributed by atoms with E-state index in [1.807, 2.05) is 24.3 Å². The van der Waals surface area contributed by atoms with E-state index in [1.54, 1.807) is 0 Å². The zero-order valence-corrected chi connectivity index (χ0v) is 18.5. The van der Waals surface area contributed by atoms with Crippen LogP contribution < -0.4 is 0 Å². The number of hydrogen-bond acceptors (Lipinski definition) is 2. The van der Waals surface area contributed by atoms with Gasteiger partial charge in [0.15, 0.2) is 0 Å². The second-order valence-electron chi connectivity index (χ2n) is 9.93. The fraction of sp³-hybridized carbons (Fsp3) is 0.161. The summed E-state index contributed by atoms with van der Waals surface area (Å²) in [7, 11) is 0. The molecular weight excluding hydrogens is 414 g/mol. The maximum absolute atomic E-state index is 9.65. The zero-order valence-electron chi connectivity index (χ0n) is 18.5. The molecule has 0 atom stereocenters. The quantitative estimate of drug-likeness (QED) is 0.250. The van der Waals surface area contributed by atoms with Gasteiger partial charge in [-0.05, 0) is 65.4 Å². The van der Waals surface area contributed by atoms with Gasteiger partial charge in [-0.2, -0.15) is 10.5 Å². The van der Waals surface area contributed by atoms with Gasteiger partial charge in [-0.1, -0.05) is 49.2 Å². The van der Waals surface area contributed by atoms with Crippen LogP contribution in [0.3, 0.4) is 0 Å². The first-order valence-electron chi connectivity index (χ1n) is 12.0. The summed E-state index contributed by atoms with van der Waals surface area (Å²) in [6, 6.07) is 28.2. The Morgan fingerprint density at radius 2 is 1.38 bits per heavy atom. The molecule has 34 heavy (non-hydrogen) atoms. The minimum Gasteiger partial charge on any atom is -0.308 e. The molecule has 1 fully saturated rings. The Balaban J connectivity index is 1.69. The van der Waals surface area contributed by atoms with Gasteiger partial charge >= 0.3 is 0 Å². The van der Waals surface area contributed by atoms with E-state index < -0.39 is 0 Å². The summed E-state index contributed by atoms with van der Waals surface area (Å²) in [5.74, 6) is 0. The number of nitriles is 2. The molecule has 4 aromatic carbocycles. The van der Waals surface area contributed by atoms with Crippen LogP contribution in [0.1, 0.15) is 47.9 Å². The van der Waals surface area contributed by atoms with Crippen LogP contribution in [0, 0.1) is 22.7 Å². The molecule has 0 saturated heterocycles. The Morgan fingerprint density at radius 1 is 0.706 bits per heavy atom. The molecule has 0 aliphatic heterocycles. The fourth-order valence-corrected chi connectivity index (χ4v) is 7.19. The van der Waals surface area contributed by atoms with E-state index in [2.05, 4.69) is 59.0 Å². The largest absolute Gasteiger partial charge is 0.308 e. The topological polar surface area (TPSA) is 52.0 Å². The fourth-order valence-electron chi connectivity index (χ4n) is 7.19. The first-order valence-corrected chi connectivity index (χ1v) is 12.0. The molecule has 0 N–H and O–H groups in total. The highest BCUT2D eigenvalue weighted by Gasteiger charge is 2.46. The van der Waals surface area contributed by atoms with Crippen LogP contribution in [-0.2, 0) is 5.41 Å². The number of rotatable bonds is 0. The lowest BCUT2D eigenvalue weighted by Crippen LogP contribution is -2.20. The van der Waals surface area contributed by atoms with Crippen LogP contribution in [0.5, 0.6) is 0 Å². The van der Waals surface area contributed by atoms with Crippen LogP contribution in [0.15, 0.2) is 66.7 Å². The van der Waals surface area contributed by atoms with Gasteiger partial charge < -0.3 is 4.40 Å². The number of fused-ring (bicyclic) bond motifs is 12. The van der Waals surface area contributed by atoms with Crippen molar-refractivity contribution < 1.29 is 0 Å². The highest BCUT2D eigenvalue weighted by Crippen LogP contribution is 2.60. The molecular formula is C31H19N3. The Kier molecular flexibility index (Phi) is 3.18. The first kappa shape index (κ1) is 18.1. The average Bonchev–Trinajstić information content (AvgIpc) is 3.64. The Hall–Kier alpha value is -4.34. The lowest BCUT2D eigenvalue weighted by atomic mass is 9.76. The molecule has 2 aliphatic rings. The van der Waals surface area contributed by atoms with Gasteiger partial charge in [0.05, 0.1) is 39.8 Å². The lowest BCUT2D eigenvalue weighted by molar-refractivity contribution is 0.550. The van der Waals surface area contributed by atoms with Gasteiger partial charge in [-0.3, -0.25) is 0 Å². The minimum atomic E-state index is 0.0903. The van der Waals surface area contributed by atoms with Crippen molar-refractivity contribution in [1.29, 1.82) is 10.5 Å². The van der Waals surface area contributed by atoms with E-state index in [4.69, 9.17) is 0 Å². The highest BCUT2D eigenvalue weighted by molar-refractivity contribution is 6.28. The molecule has 3 nitrogen and oxygen atoms in total. The van der Waals surface area contributed by atoms with Gasteiger partial charge in [-0.15, -0.1) is 0 Å². The van der Waals surface area contributed by atoms with Gasteiger partial charge in [0, 0.05) is 27.0 Å². The average molecular weight is 434 g/mol. The molecule has 0 amide bonds. The zero-order chi connectivity index (χ0) is 22.6. The van der Waals surface area contributed by atoms with Crippen LogP contribution in [-0.4, -0.2) is 4.40 Å². The summed E-state index contributed by atoms with van der Waals surface area (Å²) < 4.78 is 2.29. The van der Waals surface area contributed by atoms with E-state index in [1.165, 1.54) is 75.0 Å². The predicted molar refractivity (Wildman–Crippen MR) is 135 cm³/mol. The predicted octanol–water partition coefficient (Wildman–Crippen LogP) is 7.42. The van der Waals surface area contributed by atoms with Crippen molar-refractivity contribution in [3.8, 4) is 23.3 Å². The normalized spacial score (nSPS) is 15.9. The van der Waals surface area contributed by atoms with Gasteiger partial charge in [0.2, 0.25) is 0 Å². The van der Waals surface area contributed by atoms with Crippen molar-refractivity contribution in [1.82, 2.24) is 4.40 Å². The minimum absolute atomic E-state index is 0.0903. The Bertz CT molecular complexity index is 1930. The van der Waals surface area contributed by atoms with E-state index >= 15 is 0 Å². The smallest absolute Gasteiger partial charge is 0.0992 e.